The number of halogens is 2. The number of carboxylic acids is 1. The number of aliphatic imine (C=N–C) groups is 1. The van der Waals surface area contributed by atoms with Gasteiger partial charge in [0, 0.05) is 34.3 Å². The van der Waals surface area contributed by atoms with Crippen molar-refractivity contribution in [2.75, 3.05) is 0 Å². The molecule has 2 aromatic carbocycles. The van der Waals surface area contributed by atoms with Crippen LogP contribution in [0.3, 0.4) is 0 Å². The number of rotatable bonds is 7. The molecule has 3 aromatic rings. The van der Waals surface area contributed by atoms with E-state index in [1.807, 2.05) is 0 Å². The molecule has 0 fully saturated rings. The topological polar surface area (TPSA) is 149 Å². The predicted octanol–water partition coefficient (Wildman–Crippen LogP) is 3.47. The van der Waals surface area contributed by atoms with Gasteiger partial charge in [0.2, 0.25) is 15.2 Å². The number of hydrogen-bond acceptors (Lipinski definition) is 7. The third-order valence-corrected chi connectivity index (χ3v) is 6.26. The summed E-state index contributed by atoms with van der Waals surface area (Å²) in [5.74, 6) is -3.30. The van der Waals surface area contributed by atoms with Crippen LogP contribution in [0.4, 0.5) is 13.9 Å². The SMILES string of the molecule is CC(=Nc1nc(C(=O)O)cs1)C(Cc1ccc(S(N)(=O)=O)cc1)=C(N)c1ccc(F)c(F)c1. The highest BCUT2D eigenvalue weighted by Gasteiger charge is 2.16. The molecule has 0 aliphatic rings. The highest BCUT2D eigenvalue weighted by Crippen LogP contribution is 2.25. The van der Waals surface area contributed by atoms with Gasteiger partial charge in [-0.2, -0.15) is 0 Å². The van der Waals surface area contributed by atoms with Gasteiger partial charge in [0.25, 0.3) is 0 Å². The third-order valence-electron chi connectivity index (χ3n) is 4.60. The standard InChI is InChI=1S/C21H18F2N4O4S2/c1-11(26-21-27-18(10-32-21)20(28)29)15(19(24)13-4-7-16(22)17(23)9-13)8-12-2-5-14(6-3-12)33(25,30)31/h2-7,9-10H,8,24H2,1H3,(H,28,29)(H2,25,30,31). The molecule has 0 atom stereocenters. The summed E-state index contributed by atoms with van der Waals surface area (Å²) in [6.07, 6.45) is 0.155. The molecule has 3 rings (SSSR count). The van der Waals surface area contributed by atoms with E-state index in [1.165, 1.54) is 35.7 Å². The summed E-state index contributed by atoms with van der Waals surface area (Å²) < 4.78 is 50.2. The lowest BCUT2D eigenvalue weighted by atomic mass is 9.96. The second-order valence-electron chi connectivity index (χ2n) is 6.90. The molecule has 33 heavy (non-hydrogen) atoms. The smallest absolute Gasteiger partial charge is 0.355 e. The minimum absolute atomic E-state index is 0.0697. The summed E-state index contributed by atoms with van der Waals surface area (Å²) in [7, 11) is -3.87. The molecule has 0 amide bonds. The van der Waals surface area contributed by atoms with Gasteiger partial charge in [0.15, 0.2) is 17.3 Å². The molecule has 1 aromatic heterocycles. The van der Waals surface area contributed by atoms with Crippen molar-refractivity contribution in [3.05, 3.63) is 81.9 Å². The average Bonchev–Trinajstić information content (AvgIpc) is 3.22. The van der Waals surface area contributed by atoms with Gasteiger partial charge in [-0.25, -0.2) is 37.1 Å². The van der Waals surface area contributed by atoms with Crippen LogP contribution < -0.4 is 10.9 Å². The molecule has 0 saturated carbocycles. The van der Waals surface area contributed by atoms with E-state index < -0.39 is 27.6 Å². The number of carboxylic acid groups (broad SMARTS) is 1. The Morgan fingerprint density at radius 3 is 2.36 bits per heavy atom. The second-order valence-corrected chi connectivity index (χ2v) is 9.30. The van der Waals surface area contributed by atoms with Gasteiger partial charge in [0.1, 0.15) is 0 Å². The fourth-order valence-electron chi connectivity index (χ4n) is 2.88. The van der Waals surface area contributed by atoms with Crippen LogP contribution in [-0.2, 0) is 16.4 Å². The number of nitrogens with two attached hydrogens (primary N) is 2. The maximum Gasteiger partial charge on any atom is 0.355 e. The van der Waals surface area contributed by atoms with E-state index in [0.29, 0.717) is 16.8 Å². The zero-order valence-electron chi connectivity index (χ0n) is 17.1. The van der Waals surface area contributed by atoms with Gasteiger partial charge in [-0.15, -0.1) is 11.3 Å². The Bertz CT molecular complexity index is 1380. The highest BCUT2D eigenvalue weighted by atomic mass is 32.2. The number of carbonyl (C=O) groups is 1. The Hall–Kier alpha value is -3.48. The number of aromatic carboxylic acids is 1. The van der Waals surface area contributed by atoms with Crippen LogP contribution in [0.15, 0.2) is 63.3 Å². The van der Waals surface area contributed by atoms with E-state index in [-0.39, 0.29) is 33.4 Å². The molecule has 0 aliphatic heterocycles. The maximum atomic E-state index is 13.8. The molecule has 0 spiro atoms. The van der Waals surface area contributed by atoms with Gasteiger partial charge in [-0.1, -0.05) is 12.1 Å². The van der Waals surface area contributed by atoms with E-state index in [0.717, 1.165) is 23.5 Å². The lowest BCUT2D eigenvalue weighted by Crippen LogP contribution is -2.13. The Morgan fingerprint density at radius 1 is 1.15 bits per heavy atom. The van der Waals surface area contributed by atoms with Crippen molar-refractivity contribution >= 4 is 43.9 Å². The molecule has 0 unspecified atom stereocenters. The monoisotopic (exact) mass is 492 g/mol. The lowest BCUT2D eigenvalue weighted by Gasteiger charge is -2.13. The third kappa shape index (κ3) is 5.86. The summed E-state index contributed by atoms with van der Waals surface area (Å²) in [6, 6.07) is 8.97. The van der Waals surface area contributed by atoms with Gasteiger partial charge < -0.3 is 10.8 Å². The average molecular weight is 493 g/mol. The van der Waals surface area contributed by atoms with Crippen LogP contribution in [-0.4, -0.2) is 30.2 Å². The molecule has 8 nitrogen and oxygen atoms in total. The molecule has 172 valence electrons. The van der Waals surface area contributed by atoms with Crippen molar-refractivity contribution in [2.45, 2.75) is 18.2 Å². The maximum absolute atomic E-state index is 13.8. The van der Waals surface area contributed by atoms with Crippen LogP contribution in [0.5, 0.6) is 0 Å². The van der Waals surface area contributed by atoms with Crippen molar-refractivity contribution < 1.29 is 27.1 Å². The summed E-state index contributed by atoms with van der Waals surface area (Å²) >= 11 is 1.01. The minimum atomic E-state index is -3.87. The highest BCUT2D eigenvalue weighted by molar-refractivity contribution is 7.89. The molecule has 5 N–H and O–H groups in total. The number of allylic oxidation sites excluding steroid dienone is 1. The summed E-state index contributed by atoms with van der Waals surface area (Å²) in [6.45, 7) is 1.61. The second kappa shape index (κ2) is 9.57. The van der Waals surface area contributed by atoms with Crippen LogP contribution >= 0.6 is 11.3 Å². The zero-order chi connectivity index (χ0) is 24.3. The lowest BCUT2D eigenvalue weighted by molar-refractivity contribution is 0.0691. The number of thiazole rings is 1. The fourth-order valence-corrected chi connectivity index (χ4v) is 4.11. The number of primary sulfonamides is 1. The Morgan fingerprint density at radius 2 is 1.82 bits per heavy atom. The van der Waals surface area contributed by atoms with Crippen molar-refractivity contribution in [1.29, 1.82) is 0 Å². The zero-order valence-corrected chi connectivity index (χ0v) is 18.8. The first-order valence-corrected chi connectivity index (χ1v) is 11.7. The molecule has 0 bridgehead atoms. The van der Waals surface area contributed by atoms with Gasteiger partial charge in [-0.05, 0) is 42.8 Å². The van der Waals surface area contributed by atoms with Crippen molar-refractivity contribution in [3.8, 4) is 0 Å². The van der Waals surface area contributed by atoms with E-state index in [2.05, 4.69) is 9.98 Å². The molecule has 1 heterocycles. The van der Waals surface area contributed by atoms with Crippen LogP contribution in [0.25, 0.3) is 5.70 Å². The van der Waals surface area contributed by atoms with Gasteiger partial charge >= 0.3 is 5.97 Å². The fraction of sp³-hybridized carbons (Fsp3) is 0.0952. The molecule has 0 radical (unpaired) electrons. The van der Waals surface area contributed by atoms with Crippen LogP contribution in [0.1, 0.15) is 28.5 Å². The van der Waals surface area contributed by atoms with E-state index >= 15 is 0 Å². The number of hydrogen-bond donors (Lipinski definition) is 3. The number of aromatic nitrogens is 1. The Kier molecular flexibility index (Phi) is 7.01. The van der Waals surface area contributed by atoms with E-state index in [4.69, 9.17) is 16.0 Å². The first kappa shape index (κ1) is 24.2. The largest absolute Gasteiger partial charge is 0.476 e. The predicted molar refractivity (Wildman–Crippen MR) is 121 cm³/mol. The molecule has 0 saturated heterocycles. The summed E-state index contributed by atoms with van der Waals surface area (Å²) in [5, 5.41) is 15.7. The van der Waals surface area contributed by atoms with Crippen molar-refractivity contribution in [3.63, 3.8) is 0 Å². The molecular formula is C21H18F2N4O4S2. The van der Waals surface area contributed by atoms with E-state index in [1.54, 1.807) is 6.92 Å². The first-order chi connectivity index (χ1) is 15.5. The Labute approximate surface area is 192 Å². The molecular weight excluding hydrogens is 474 g/mol. The summed E-state index contributed by atoms with van der Waals surface area (Å²) in [5.41, 5.74) is 7.89. The van der Waals surface area contributed by atoms with Gasteiger partial charge in [-0.3, -0.25) is 0 Å². The molecule has 0 aliphatic carbocycles. The molecule has 12 heteroatoms. The van der Waals surface area contributed by atoms with Gasteiger partial charge in [0.05, 0.1) is 4.90 Å². The van der Waals surface area contributed by atoms with Crippen LogP contribution in [0.2, 0.25) is 0 Å². The normalized spacial score (nSPS) is 13.0. The van der Waals surface area contributed by atoms with Crippen LogP contribution in [0, 0.1) is 11.6 Å². The number of benzene rings is 2. The summed E-state index contributed by atoms with van der Waals surface area (Å²) in [4.78, 5) is 19.3. The van der Waals surface area contributed by atoms with Crippen molar-refractivity contribution in [1.82, 2.24) is 4.98 Å². The van der Waals surface area contributed by atoms with E-state index in [9.17, 15) is 22.0 Å². The number of sulfonamides is 1. The first-order valence-electron chi connectivity index (χ1n) is 9.26. The van der Waals surface area contributed by atoms with Crippen molar-refractivity contribution in [2.24, 2.45) is 15.9 Å². The minimum Gasteiger partial charge on any atom is -0.476 e. The Balaban J connectivity index is 2.07. The quantitative estimate of drug-likeness (QED) is 0.430. The number of nitrogens with zero attached hydrogens (tertiary/aromatic N) is 2.